The van der Waals surface area contributed by atoms with E-state index in [-0.39, 0.29) is 11.4 Å². The molecule has 17 heavy (non-hydrogen) atoms. The first-order valence-corrected chi connectivity index (χ1v) is 5.70. The first-order valence-electron chi connectivity index (χ1n) is 5.70. The summed E-state index contributed by atoms with van der Waals surface area (Å²) in [7, 11) is 1.80. The molecule has 0 bridgehead atoms. The highest BCUT2D eigenvalue weighted by atomic mass is 16.2. The van der Waals surface area contributed by atoms with Crippen LogP contribution in [0.5, 0.6) is 0 Å². The van der Waals surface area contributed by atoms with Gasteiger partial charge in [0.25, 0.3) is 5.91 Å². The molecule has 0 fully saturated rings. The minimum absolute atomic E-state index is 0.0473. The van der Waals surface area contributed by atoms with Crippen LogP contribution in [0.25, 0.3) is 0 Å². The number of nitriles is 1. The Balaban J connectivity index is 3.01. The topological polar surface area (TPSA) is 44.1 Å². The van der Waals surface area contributed by atoms with Crippen molar-refractivity contribution in [1.82, 2.24) is 4.90 Å². The molecule has 0 spiro atoms. The zero-order valence-electron chi connectivity index (χ0n) is 10.8. The van der Waals surface area contributed by atoms with E-state index < -0.39 is 0 Å². The number of hydrogen-bond acceptors (Lipinski definition) is 2. The fourth-order valence-electron chi connectivity index (χ4n) is 1.43. The Kier molecular flexibility index (Phi) is 3.90. The van der Waals surface area contributed by atoms with E-state index in [1.165, 1.54) is 0 Å². The largest absolute Gasteiger partial charge is 0.337 e. The maximum atomic E-state index is 12.2. The predicted octanol–water partition coefficient (Wildman–Crippen LogP) is 2.82. The van der Waals surface area contributed by atoms with Gasteiger partial charge in [-0.25, -0.2) is 0 Å². The Morgan fingerprint density at radius 3 is 2.65 bits per heavy atom. The average Bonchev–Trinajstić information content (AvgIpc) is 2.37. The molecule has 90 valence electrons. The highest BCUT2D eigenvalue weighted by molar-refractivity contribution is 5.94. The van der Waals surface area contributed by atoms with Crippen molar-refractivity contribution in [3.8, 4) is 6.07 Å². The van der Waals surface area contributed by atoms with E-state index in [4.69, 9.17) is 5.26 Å². The Morgan fingerprint density at radius 1 is 1.47 bits per heavy atom. The van der Waals surface area contributed by atoms with Crippen molar-refractivity contribution >= 4 is 5.91 Å². The third-order valence-corrected chi connectivity index (χ3v) is 3.32. The lowest BCUT2D eigenvalue weighted by Gasteiger charge is -2.35. The van der Waals surface area contributed by atoms with Gasteiger partial charge in [-0.2, -0.15) is 5.26 Å². The van der Waals surface area contributed by atoms with Gasteiger partial charge in [-0.05, 0) is 38.5 Å². The van der Waals surface area contributed by atoms with Crippen LogP contribution < -0.4 is 0 Å². The highest BCUT2D eigenvalue weighted by Gasteiger charge is 2.26. The van der Waals surface area contributed by atoms with E-state index >= 15 is 0 Å². The van der Waals surface area contributed by atoms with E-state index in [1.807, 2.05) is 19.9 Å². The molecule has 1 aromatic rings. The molecule has 0 unspecified atom stereocenters. The Bertz CT molecular complexity index is 458. The molecule has 0 aromatic heterocycles. The van der Waals surface area contributed by atoms with Gasteiger partial charge in [0.15, 0.2) is 0 Å². The van der Waals surface area contributed by atoms with Crippen molar-refractivity contribution in [2.75, 3.05) is 7.05 Å². The molecule has 0 heterocycles. The van der Waals surface area contributed by atoms with Crippen molar-refractivity contribution in [3.63, 3.8) is 0 Å². The van der Waals surface area contributed by atoms with Crippen LogP contribution in [0.2, 0.25) is 0 Å². The summed E-state index contributed by atoms with van der Waals surface area (Å²) in [5, 5.41) is 8.81. The molecular formula is C14H18N2O. The van der Waals surface area contributed by atoms with Crippen molar-refractivity contribution < 1.29 is 4.79 Å². The highest BCUT2D eigenvalue weighted by Crippen LogP contribution is 2.19. The molecule has 3 nitrogen and oxygen atoms in total. The van der Waals surface area contributed by atoms with Crippen LogP contribution in [-0.2, 0) is 0 Å². The van der Waals surface area contributed by atoms with Crippen LogP contribution in [0.15, 0.2) is 24.3 Å². The van der Waals surface area contributed by atoms with Gasteiger partial charge in [0.1, 0.15) is 0 Å². The Labute approximate surface area is 103 Å². The first-order chi connectivity index (χ1) is 7.92. The number of carbonyl (C=O) groups is 1. The molecule has 1 aromatic carbocycles. The second kappa shape index (κ2) is 5.01. The fourth-order valence-corrected chi connectivity index (χ4v) is 1.43. The van der Waals surface area contributed by atoms with Crippen molar-refractivity contribution in [1.29, 1.82) is 5.26 Å². The molecule has 0 saturated carbocycles. The number of rotatable bonds is 3. The minimum atomic E-state index is -0.181. The third-order valence-electron chi connectivity index (χ3n) is 3.32. The number of benzene rings is 1. The smallest absolute Gasteiger partial charge is 0.254 e. The summed E-state index contributed by atoms with van der Waals surface area (Å²) in [6, 6.07) is 8.85. The zero-order valence-corrected chi connectivity index (χ0v) is 10.8. The van der Waals surface area contributed by atoms with Gasteiger partial charge in [0, 0.05) is 18.2 Å². The van der Waals surface area contributed by atoms with Crippen molar-refractivity contribution in [2.45, 2.75) is 32.7 Å². The molecule has 0 aliphatic rings. The summed E-state index contributed by atoms with van der Waals surface area (Å²) in [6.07, 6.45) is 0.882. The van der Waals surface area contributed by atoms with Crippen molar-refractivity contribution in [3.05, 3.63) is 35.4 Å². The monoisotopic (exact) mass is 230 g/mol. The average molecular weight is 230 g/mol. The number of hydrogen-bond donors (Lipinski definition) is 0. The summed E-state index contributed by atoms with van der Waals surface area (Å²) in [6.45, 7) is 6.10. The quantitative estimate of drug-likeness (QED) is 0.801. The van der Waals surface area contributed by atoms with Gasteiger partial charge in [-0.1, -0.05) is 13.0 Å². The maximum absolute atomic E-state index is 12.2. The second-order valence-electron chi connectivity index (χ2n) is 4.72. The van der Waals surface area contributed by atoms with Gasteiger partial charge in [0.05, 0.1) is 11.6 Å². The molecule has 0 aliphatic carbocycles. The lowest BCUT2D eigenvalue weighted by molar-refractivity contribution is 0.0620. The SMILES string of the molecule is CCC(C)(C)N(C)C(=O)c1cccc(C#N)c1. The lowest BCUT2D eigenvalue weighted by atomic mass is 9.98. The van der Waals surface area contributed by atoms with Gasteiger partial charge in [-0.3, -0.25) is 4.79 Å². The van der Waals surface area contributed by atoms with E-state index in [2.05, 4.69) is 6.92 Å². The lowest BCUT2D eigenvalue weighted by Crippen LogP contribution is -2.44. The second-order valence-corrected chi connectivity index (χ2v) is 4.72. The summed E-state index contributed by atoms with van der Waals surface area (Å²) < 4.78 is 0. The molecule has 1 rings (SSSR count). The first kappa shape index (κ1) is 13.2. The van der Waals surface area contributed by atoms with Gasteiger partial charge in [-0.15, -0.1) is 0 Å². The van der Waals surface area contributed by atoms with Gasteiger partial charge < -0.3 is 4.90 Å². The summed E-state index contributed by atoms with van der Waals surface area (Å²) in [5.41, 5.74) is 0.895. The number of carbonyl (C=O) groups excluding carboxylic acids is 1. The summed E-state index contributed by atoms with van der Waals surface area (Å²) >= 11 is 0. The summed E-state index contributed by atoms with van der Waals surface area (Å²) in [4.78, 5) is 14.0. The third kappa shape index (κ3) is 2.85. The van der Waals surface area contributed by atoms with Gasteiger partial charge in [0.2, 0.25) is 0 Å². The van der Waals surface area contributed by atoms with E-state index in [0.29, 0.717) is 11.1 Å². The van der Waals surface area contributed by atoms with Crippen LogP contribution in [0.1, 0.15) is 43.1 Å². The number of nitrogens with zero attached hydrogens (tertiary/aromatic N) is 2. The van der Waals surface area contributed by atoms with Gasteiger partial charge >= 0.3 is 0 Å². The summed E-state index contributed by atoms with van der Waals surface area (Å²) in [5.74, 6) is -0.0473. The number of amides is 1. The Hall–Kier alpha value is -1.82. The van der Waals surface area contributed by atoms with Crippen LogP contribution in [0.3, 0.4) is 0 Å². The van der Waals surface area contributed by atoms with Crippen LogP contribution in [-0.4, -0.2) is 23.4 Å². The molecule has 0 saturated heterocycles. The van der Waals surface area contributed by atoms with Crippen molar-refractivity contribution in [2.24, 2.45) is 0 Å². The molecule has 3 heteroatoms. The molecular weight excluding hydrogens is 212 g/mol. The van der Waals surface area contributed by atoms with Crippen LogP contribution in [0, 0.1) is 11.3 Å². The fraction of sp³-hybridized carbons (Fsp3) is 0.429. The van der Waals surface area contributed by atoms with E-state index in [9.17, 15) is 4.79 Å². The minimum Gasteiger partial charge on any atom is -0.337 e. The predicted molar refractivity (Wildman–Crippen MR) is 67.6 cm³/mol. The molecule has 0 radical (unpaired) electrons. The molecule has 1 amide bonds. The van der Waals surface area contributed by atoms with E-state index in [0.717, 1.165) is 6.42 Å². The molecule has 0 atom stereocenters. The maximum Gasteiger partial charge on any atom is 0.254 e. The van der Waals surface area contributed by atoms with E-state index in [1.54, 1.807) is 36.2 Å². The zero-order chi connectivity index (χ0) is 13.1. The van der Waals surface area contributed by atoms with Crippen LogP contribution in [0.4, 0.5) is 0 Å². The normalized spacial score (nSPS) is 10.8. The standard InChI is InChI=1S/C14H18N2O/c1-5-14(2,3)16(4)13(17)12-8-6-7-11(9-12)10-15/h6-9H,5H2,1-4H3. The van der Waals surface area contributed by atoms with Crippen LogP contribution >= 0.6 is 0 Å². The molecule has 0 N–H and O–H groups in total. The molecule has 0 aliphatic heterocycles. The Morgan fingerprint density at radius 2 is 2.12 bits per heavy atom.